The lowest BCUT2D eigenvalue weighted by molar-refractivity contribution is 0.185. The molecule has 94 valence electrons. The first-order chi connectivity index (χ1) is 8.17. The van der Waals surface area contributed by atoms with Gasteiger partial charge in [0.05, 0.1) is 11.1 Å². The topological polar surface area (TPSA) is 21.3 Å². The lowest BCUT2D eigenvalue weighted by atomic mass is 10.0. The first-order valence-corrected chi connectivity index (χ1v) is 6.44. The Morgan fingerprint density at radius 3 is 2.82 bits per heavy atom. The first kappa shape index (κ1) is 12.7. The van der Waals surface area contributed by atoms with Crippen LogP contribution in [0.25, 0.3) is 0 Å². The van der Waals surface area contributed by atoms with Crippen molar-refractivity contribution in [1.29, 1.82) is 0 Å². The van der Waals surface area contributed by atoms with E-state index in [1.54, 1.807) is 0 Å². The molecule has 0 aromatic heterocycles. The van der Waals surface area contributed by atoms with Gasteiger partial charge in [-0.25, -0.2) is 4.39 Å². The maximum absolute atomic E-state index is 13.4. The zero-order valence-corrected chi connectivity index (χ0v) is 10.9. The van der Waals surface area contributed by atoms with Gasteiger partial charge in [0.2, 0.25) is 0 Å². The van der Waals surface area contributed by atoms with E-state index in [1.807, 2.05) is 0 Å². The van der Waals surface area contributed by atoms with Crippen LogP contribution in [0.3, 0.4) is 0 Å². The number of nitrogens with one attached hydrogen (secondary N) is 1. The highest BCUT2D eigenvalue weighted by molar-refractivity contribution is 6.32. The Morgan fingerprint density at radius 1 is 1.41 bits per heavy atom. The van der Waals surface area contributed by atoms with E-state index in [0.717, 1.165) is 24.9 Å². The fourth-order valence-corrected chi connectivity index (χ4v) is 2.47. The molecule has 0 spiro atoms. The molecule has 4 heteroatoms. The normalized spacial score (nSPS) is 22.4. The lowest BCUT2D eigenvalue weighted by Gasteiger charge is -2.18. The van der Waals surface area contributed by atoms with Crippen molar-refractivity contribution >= 4 is 11.6 Å². The van der Waals surface area contributed by atoms with Gasteiger partial charge < -0.3 is 10.1 Å². The van der Waals surface area contributed by atoms with Crippen molar-refractivity contribution in [3.05, 3.63) is 28.5 Å². The van der Waals surface area contributed by atoms with Crippen molar-refractivity contribution in [3.8, 4) is 5.75 Å². The van der Waals surface area contributed by atoms with Crippen molar-refractivity contribution < 1.29 is 9.13 Å². The average molecular weight is 258 g/mol. The summed E-state index contributed by atoms with van der Waals surface area (Å²) in [7, 11) is 0. The molecule has 1 aromatic rings. The fraction of sp³-hybridized carbons (Fsp3) is 0.538. The highest BCUT2D eigenvalue weighted by Crippen LogP contribution is 2.43. The predicted octanol–water partition coefficient (Wildman–Crippen LogP) is 3.69. The summed E-state index contributed by atoms with van der Waals surface area (Å²) in [5.41, 5.74) is 0.843. The number of halogens is 2. The van der Waals surface area contributed by atoms with E-state index in [4.69, 9.17) is 16.3 Å². The summed E-state index contributed by atoms with van der Waals surface area (Å²) < 4.78 is 19.2. The van der Waals surface area contributed by atoms with Crippen LogP contribution in [0.1, 0.15) is 38.3 Å². The summed E-state index contributed by atoms with van der Waals surface area (Å²) in [6.07, 6.45) is 1.94. The number of hydrogen-bond acceptors (Lipinski definition) is 2. The molecule has 0 saturated carbocycles. The number of hydrogen-bond donors (Lipinski definition) is 1. The van der Waals surface area contributed by atoms with Crippen molar-refractivity contribution in [1.82, 2.24) is 5.32 Å². The maximum Gasteiger partial charge on any atom is 0.143 e. The summed E-state index contributed by atoms with van der Waals surface area (Å²) in [5.74, 6) is 0.325. The van der Waals surface area contributed by atoms with Gasteiger partial charge in [0.25, 0.3) is 0 Å². The second-order valence-electron chi connectivity index (χ2n) is 4.30. The molecular formula is C13H17ClFNO. The van der Waals surface area contributed by atoms with Crippen molar-refractivity contribution in [2.24, 2.45) is 0 Å². The van der Waals surface area contributed by atoms with Gasteiger partial charge in [-0.1, -0.05) is 25.4 Å². The number of fused-ring (bicyclic) bond motifs is 1. The Kier molecular flexibility index (Phi) is 3.89. The van der Waals surface area contributed by atoms with Gasteiger partial charge in [0.1, 0.15) is 17.7 Å². The molecule has 1 heterocycles. The van der Waals surface area contributed by atoms with Gasteiger partial charge >= 0.3 is 0 Å². The Labute approximate surface area is 106 Å². The SMILES string of the molecule is CCCNC1c2cc(F)cc(Cl)c2OC1CC. The molecule has 1 aliphatic heterocycles. The van der Waals surface area contributed by atoms with Crippen LogP contribution in [0.5, 0.6) is 5.75 Å². The van der Waals surface area contributed by atoms with Crippen LogP contribution in [-0.2, 0) is 0 Å². The second kappa shape index (κ2) is 5.23. The van der Waals surface area contributed by atoms with Gasteiger partial charge in [-0.2, -0.15) is 0 Å². The molecule has 0 saturated heterocycles. The second-order valence-corrected chi connectivity index (χ2v) is 4.71. The molecule has 2 nitrogen and oxygen atoms in total. The third kappa shape index (κ3) is 2.40. The smallest absolute Gasteiger partial charge is 0.143 e. The van der Waals surface area contributed by atoms with Gasteiger partial charge in [-0.15, -0.1) is 0 Å². The monoisotopic (exact) mass is 257 g/mol. The van der Waals surface area contributed by atoms with Crippen LogP contribution in [-0.4, -0.2) is 12.6 Å². The summed E-state index contributed by atoms with van der Waals surface area (Å²) in [6, 6.07) is 2.86. The van der Waals surface area contributed by atoms with Crippen molar-refractivity contribution in [2.45, 2.75) is 38.8 Å². The predicted molar refractivity (Wildman–Crippen MR) is 67.2 cm³/mol. The van der Waals surface area contributed by atoms with Gasteiger partial charge in [-0.3, -0.25) is 0 Å². The Bertz CT molecular complexity index is 411. The van der Waals surface area contributed by atoms with Crippen LogP contribution in [0.4, 0.5) is 4.39 Å². The van der Waals surface area contributed by atoms with E-state index in [9.17, 15) is 4.39 Å². The van der Waals surface area contributed by atoms with Gasteiger partial charge in [-0.05, 0) is 31.5 Å². The average Bonchev–Trinajstić information content (AvgIpc) is 2.64. The Morgan fingerprint density at radius 2 is 2.18 bits per heavy atom. The molecule has 0 bridgehead atoms. The molecule has 2 rings (SSSR count). The van der Waals surface area contributed by atoms with Crippen LogP contribution < -0.4 is 10.1 Å². The van der Waals surface area contributed by atoms with Crippen LogP contribution in [0.15, 0.2) is 12.1 Å². The molecule has 0 radical (unpaired) electrons. The minimum atomic E-state index is -0.308. The molecule has 17 heavy (non-hydrogen) atoms. The number of rotatable bonds is 4. The van der Waals surface area contributed by atoms with E-state index < -0.39 is 0 Å². The minimum absolute atomic E-state index is 0.0378. The molecule has 1 aliphatic rings. The summed E-state index contributed by atoms with van der Waals surface area (Å²) in [4.78, 5) is 0. The molecule has 1 N–H and O–H groups in total. The molecule has 0 fully saturated rings. The van der Waals surface area contributed by atoms with Crippen LogP contribution >= 0.6 is 11.6 Å². The highest BCUT2D eigenvalue weighted by atomic mass is 35.5. The van der Waals surface area contributed by atoms with E-state index >= 15 is 0 Å². The number of benzene rings is 1. The molecule has 2 unspecified atom stereocenters. The summed E-state index contributed by atoms with van der Waals surface area (Å²) >= 11 is 6.00. The molecule has 0 amide bonds. The lowest BCUT2D eigenvalue weighted by Crippen LogP contribution is -2.31. The van der Waals surface area contributed by atoms with E-state index in [1.165, 1.54) is 12.1 Å². The quantitative estimate of drug-likeness (QED) is 0.888. The highest BCUT2D eigenvalue weighted by Gasteiger charge is 2.34. The largest absolute Gasteiger partial charge is 0.487 e. The van der Waals surface area contributed by atoms with Crippen LogP contribution in [0.2, 0.25) is 5.02 Å². The first-order valence-electron chi connectivity index (χ1n) is 6.06. The Hall–Kier alpha value is -0.800. The standard InChI is InChI=1S/C13H17ClFNO/c1-3-5-16-12-9-6-8(15)7-10(14)13(9)17-11(12)4-2/h6-7,11-12,16H,3-5H2,1-2H3. The Balaban J connectivity index is 2.33. The van der Waals surface area contributed by atoms with Crippen molar-refractivity contribution in [2.75, 3.05) is 6.54 Å². The maximum atomic E-state index is 13.4. The zero-order valence-electron chi connectivity index (χ0n) is 10.1. The fourth-order valence-electron chi connectivity index (χ4n) is 2.22. The third-order valence-electron chi connectivity index (χ3n) is 3.03. The van der Waals surface area contributed by atoms with Crippen molar-refractivity contribution in [3.63, 3.8) is 0 Å². The zero-order chi connectivity index (χ0) is 12.4. The number of ether oxygens (including phenoxy) is 1. The summed E-state index contributed by atoms with van der Waals surface area (Å²) in [5, 5.41) is 3.75. The van der Waals surface area contributed by atoms with Gasteiger partial charge in [0.15, 0.2) is 0 Å². The molecule has 1 aromatic carbocycles. The van der Waals surface area contributed by atoms with Gasteiger partial charge in [0, 0.05) is 5.56 Å². The molecular weight excluding hydrogens is 241 g/mol. The minimum Gasteiger partial charge on any atom is -0.487 e. The van der Waals surface area contributed by atoms with Crippen LogP contribution in [0, 0.1) is 5.82 Å². The molecule has 0 aliphatic carbocycles. The molecule has 2 atom stereocenters. The van der Waals surface area contributed by atoms with E-state index in [2.05, 4.69) is 19.2 Å². The summed E-state index contributed by atoms with van der Waals surface area (Å²) in [6.45, 7) is 5.04. The third-order valence-corrected chi connectivity index (χ3v) is 3.31. The van der Waals surface area contributed by atoms with E-state index in [-0.39, 0.29) is 18.0 Å². The van der Waals surface area contributed by atoms with E-state index in [0.29, 0.717) is 10.8 Å².